The molecule has 3 aromatic rings. The first-order valence-electron chi connectivity index (χ1n) is 11.8. The summed E-state index contributed by atoms with van der Waals surface area (Å²) >= 11 is 0. The monoisotopic (exact) mass is 479 g/mol. The zero-order valence-corrected chi connectivity index (χ0v) is 19.6. The van der Waals surface area contributed by atoms with Crippen molar-refractivity contribution in [3.8, 4) is 11.5 Å². The predicted octanol–water partition coefficient (Wildman–Crippen LogP) is 1.20. The summed E-state index contributed by atoms with van der Waals surface area (Å²) in [5, 5.41) is 6.22. The average Bonchev–Trinajstić information content (AvgIpc) is 2.88. The van der Waals surface area contributed by atoms with Gasteiger partial charge in [-0.15, -0.1) is 0 Å². The van der Waals surface area contributed by atoms with E-state index in [1.807, 2.05) is 18.2 Å². The Labute approximate surface area is 202 Å². The predicted molar refractivity (Wildman–Crippen MR) is 129 cm³/mol. The first-order valence-corrected chi connectivity index (χ1v) is 11.8. The minimum Gasteiger partial charge on any atom is -0.497 e. The van der Waals surface area contributed by atoms with Crippen LogP contribution in [0.25, 0.3) is 11.0 Å². The van der Waals surface area contributed by atoms with Gasteiger partial charge >= 0.3 is 0 Å². The second-order valence-corrected chi connectivity index (χ2v) is 9.05. The third-order valence-corrected chi connectivity index (χ3v) is 6.79. The molecule has 2 aromatic heterocycles. The average molecular weight is 480 g/mol. The molecule has 0 bridgehead atoms. The first-order chi connectivity index (χ1) is 17.0. The van der Waals surface area contributed by atoms with E-state index in [2.05, 4.69) is 25.6 Å². The Morgan fingerprint density at radius 3 is 2.86 bits per heavy atom. The summed E-state index contributed by atoms with van der Waals surface area (Å²) in [6.07, 6.45) is 6.83. The zero-order chi connectivity index (χ0) is 24.4. The second-order valence-electron chi connectivity index (χ2n) is 9.05. The molecular weight excluding hydrogens is 450 g/mol. The molecule has 184 valence electrons. The molecule has 11 nitrogen and oxygen atoms in total. The third-order valence-electron chi connectivity index (χ3n) is 6.79. The first kappa shape index (κ1) is 23.2. The molecule has 2 aliphatic rings. The number of amides is 1. The largest absolute Gasteiger partial charge is 0.497 e. The minimum atomic E-state index is -0.217. The van der Waals surface area contributed by atoms with Crippen LogP contribution in [0.1, 0.15) is 31.5 Å². The van der Waals surface area contributed by atoms with E-state index in [0.717, 1.165) is 36.7 Å². The summed E-state index contributed by atoms with van der Waals surface area (Å²) in [5.41, 5.74) is 7.90. The number of fused-ring (bicyclic) bond motifs is 2. The van der Waals surface area contributed by atoms with Gasteiger partial charge < -0.3 is 30.4 Å². The number of hydrogen-bond acceptors (Lipinski definition) is 9. The number of benzene rings is 1. The highest BCUT2D eigenvalue weighted by Gasteiger charge is 2.27. The van der Waals surface area contributed by atoms with E-state index in [9.17, 15) is 9.59 Å². The number of aromatic nitrogens is 4. The standard InChI is InChI=1S/C24H29N7O4/c1-34-16-6-7-18-19(8-16)31(23(33)11-27-18)12-17(25)14-2-4-15(5-3-14)26-10-21-28-9-20-24(29-21)30-22(32)13-35-20/h6-9,11,14-15,17,26H,2-5,10,12-13,25H2,1H3,(H,28,29,30,32)/t14?,15?,17-/m0/s1. The molecule has 1 amide bonds. The van der Waals surface area contributed by atoms with Crippen LogP contribution in [0, 0.1) is 5.92 Å². The molecule has 0 spiro atoms. The quantitative estimate of drug-likeness (QED) is 0.455. The molecule has 1 atom stereocenters. The van der Waals surface area contributed by atoms with Gasteiger partial charge in [0.1, 0.15) is 11.6 Å². The highest BCUT2D eigenvalue weighted by Crippen LogP contribution is 2.28. The summed E-state index contributed by atoms with van der Waals surface area (Å²) in [6, 6.07) is 5.70. The SMILES string of the molecule is COc1ccc2ncc(=O)n(C[C@H](N)C3CCC(NCc4ncc5c(n4)NC(=O)CO5)CC3)c2c1. The maximum atomic E-state index is 12.6. The summed E-state index contributed by atoms with van der Waals surface area (Å²) in [7, 11) is 1.60. The molecule has 3 heterocycles. The summed E-state index contributed by atoms with van der Waals surface area (Å²) in [5.74, 6) is 2.29. The van der Waals surface area contributed by atoms with Crippen molar-refractivity contribution in [2.75, 3.05) is 19.0 Å². The van der Waals surface area contributed by atoms with Crippen LogP contribution >= 0.6 is 0 Å². The molecule has 1 aliphatic heterocycles. The van der Waals surface area contributed by atoms with E-state index in [-0.39, 0.29) is 24.1 Å². The number of nitrogens with two attached hydrogens (primary N) is 1. The van der Waals surface area contributed by atoms with Crippen LogP contribution < -0.4 is 31.4 Å². The van der Waals surface area contributed by atoms with Gasteiger partial charge in [0, 0.05) is 24.7 Å². The minimum absolute atomic E-state index is 0.0143. The lowest BCUT2D eigenvalue weighted by Gasteiger charge is -2.33. The van der Waals surface area contributed by atoms with Gasteiger partial charge in [-0.25, -0.2) is 15.0 Å². The molecule has 0 saturated heterocycles. The number of carbonyl (C=O) groups is 1. The Morgan fingerprint density at radius 2 is 2.06 bits per heavy atom. The van der Waals surface area contributed by atoms with Crippen molar-refractivity contribution in [1.82, 2.24) is 24.8 Å². The maximum absolute atomic E-state index is 12.6. The van der Waals surface area contributed by atoms with Crippen LogP contribution in [-0.4, -0.2) is 51.2 Å². The van der Waals surface area contributed by atoms with Crippen LogP contribution in [0.5, 0.6) is 11.5 Å². The normalized spacial score (nSPS) is 20.6. The van der Waals surface area contributed by atoms with Gasteiger partial charge in [-0.2, -0.15) is 0 Å². The zero-order valence-electron chi connectivity index (χ0n) is 19.6. The molecule has 35 heavy (non-hydrogen) atoms. The van der Waals surface area contributed by atoms with Crippen LogP contribution in [0.2, 0.25) is 0 Å². The number of hydrogen-bond donors (Lipinski definition) is 3. The molecule has 1 aliphatic carbocycles. The lowest BCUT2D eigenvalue weighted by molar-refractivity contribution is -0.118. The Kier molecular flexibility index (Phi) is 6.60. The summed E-state index contributed by atoms with van der Waals surface area (Å²) < 4.78 is 12.3. The van der Waals surface area contributed by atoms with Gasteiger partial charge in [0.15, 0.2) is 18.2 Å². The number of carbonyl (C=O) groups excluding carboxylic acids is 1. The lowest BCUT2D eigenvalue weighted by Crippen LogP contribution is -2.42. The van der Waals surface area contributed by atoms with Crippen molar-refractivity contribution in [1.29, 1.82) is 0 Å². The smallest absolute Gasteiger partial charge is 0.269 e. The fourth-order valence-corrected chi connectivity index (χ4v) is 4.80. The molecule has 1 aromatic carbocycles. The van der Waals surface area contributed by atoms with E-state index < -0.39 is 0 Å². The number of ether oxygens (including phenoxy) is 2. The highest BCUT2D eigenvalue weighted by atomic mass is 16.5. The van der Waals surface area contributed by atoms with Crippen molar-refractivity contribution >= 4 is 22.8 Å². The Balaban J connectivity index is 1.17. The highest BCUT2D eigenvalue weighted by molar-refractivity contribution is 5.94. The van der Waals surface area contributed by atoms with Crippen molar-refractivity contribution in [2.24, 2.45) is 11.7 Å². The van der Waals surface area contributed by atoms with E-state index >= 15 is 0 Å². The fraction of sp³-hybridized carbons (Fsp3) is 0.458. The van der Waals surface area contributed by atoms with Crippen molar-refractivity contribution < 1.29 is 14.3 Å². The summed E-state index contributed by atoms with van der Waals surface area (Å²) in [6.45, 7) is 0.925. The van der Waals surface area contributed by atoms with Gasteiger partial charge in [0.05, 0.1) is 37.1 Å². The molecular formula is C24H29N7O4. The van der Waals surface area contributed by atoms with Crippen molar-refractivity contribution in [2.45, 2.75) is 50.9 Å². The van der Waals surface area contributed by atoms with Crippen molar-refractivity contribution in [3.05, 3.63) is 46.8 Å². The topological polar surface area (TPSA) is 146 Å². The molecule has 1 fully saturated rings. The Hall–Kier alpha value is -3.57. The fourth-order valence-electron chi connectivity index (χ4n) is 4.80. The number of rotatable bonds is 7. The van der Waals surface area contributed by atoms with Gasteiger partial charge in [-0.3, -0.25) is 9.59 Å². The van der Waals surface area contributed by atoms with E-state index in [1.54, 1.807) is 17.9 Å². The lowest BCUT2D eigenvalue weighted by atomic mass is 9.81. The van der Waals surface area contributed by atoms with E-state index in [1.165, 1.54) is 6.20 Å². The second kappa shape index (κ2) is 9.96. The molecule has 1 saturated carbocycles. The van der Waals surface area contributed by atoms with Gasteiger partial charge in [-0.1, -0.05) is 0 Å². The molecule has 0 radical (unpaired) electrons. The van der Waals surface area contributed by atoms with Crippen LogP contribution in [0.4, 0.5) is 5.82 Å². The molecule has 4 N–H and O–H groups in total. The molecule has 5 rings (SSSR count). The van der Waals surface area contributed by atoms with Crippen LogP contribution in [0.3, 0.4) is 0 Å². The Morgan fingerprint density at radius 1 is 1.23 bits per heavy atom. The number of anilines is 1. The number of nitrogens with zero attached hydrogens (tertiary/aromatic N) is 4. The maximum Gasteiger partial charge on any atom is 0.269 e. The van der Waals surface area contributed by atoms with Gasteiger partial charge in [0.2, 0.25) is 0 Å². The third kappa shape index (κ3) is 5.10. The van der Waals surface area contributed by atoms with Crippen molar-refractivity contribution in [3.63, 3.8) is 0 Å². The van der Waals surface area contributed by atoms with Gasteiger partial charge in [-0.05, 0) is 43.7 Å². The molecule has 0 unspecified atom stereocenters. The number of nitrogens with one attached hydrogen (secondary N) is 2. The van der Waals surface area contributed by atoms with E-state index in [0.29, 0.717) is 48.2 Å². The van der Waals surface area contributed by atoms with E-state index in [4.69, 9.17) is 15.2 Å². The van der Waals surface area contributed by atoms with Crippen LogP contribution in [0.15, 0.2) is 35.4 Å². The number of methoxy groups -OCH3 is 1. The summed E-state index contributed by atoms with van der Waals surface area (Å²) in [4.78, 5) is 37.0. The molecule has 11 heteroatoms. The Bertz CT molecular complexity index is 1290. The van der Waals surface area contributed by atoms with Crippen LogP contribution in [-0.2, 0) is 17.9 Å². The van der Waals surface area contributed by atoms with Gasteiger partial charge in [0.25, 0.3) is 11.5 Å².